The molecule has 134 valence electrons. The highest BCUT2D eigenvalue weighted by atomic mass is 32.2. The van der Waals surface area contributed by atoms with Crippen molar-refractivity contribution < 1.29 is 14.3 Å². The van der Waals surface area contributed by atoms with Crippen molar-refractivity contribution in [1.82, 2.24) is 4.98 Å². The molecule has 1 aliphatic heterocycles. The zero-order valence-electron chi connectivity index (χ0n) is 14.3. The standard InChI is InChI=1S/C17H20N2O3S3/c1-4-22-16(21)14-12(9(2)3)18-17(25-14)19-15(20)13-10-5-7-23-11(10)6-8-24-13/h5,7,9,13H,4,6,8H2,1-3H3,(H,18,19,20)/t13-/m1/s1. The summed E-state index contributed by atoms with van der Waals surface area (Å²) in [6.07, 6.45) is 1.02. The Balaban J connectivity index is 1.80. The molecule has 0 saturated heterocycles. The van der Waals surface area contributed by atoms with Crippen LogP contribution in [0.3, 0.4) is 0 Å². The largest absolute Gasteiger partial charge is 0.462 e. The number of carbonyl (C=O) groups excluding carboxylic acids is 2. The highest BCUT2D eigenvalue weighted by Gasteiger charge is 2.29. The van der Waals surface area contributed by atoms with E-state index in [9.17, 15) is 9.59 Å². The smallest absolute Gasteiger partial charge is 0.350 e. The SMILES string of the molecule is CCOC(=O)c1sc(NC(=O)[C@@H]2SCCc3sccc32)nc1C(C)C. The molecule has 0 saturated carbocycles. The number of thioether (sulfide) groups is 1. The van der Waals surface area contributed by atoms with E-state index in [1.54, 1.807) is 30.0 Å². The number of aryl methyl sites for hydroxylation is 1. The summed E-state index contributed by atoms with van der Waals surface area (Å²) in [4.78, 5) is 31.1. The van der Waals surface area contributed by atoms with Crippen LogP contribution in [-0.4, -0.2) is 29.2 Å². The van der Waals surface area contributed by atoms with Gasteiger partial charge in [-0.15, -0.1) is 23.1 Å². The van der Waals surface area contributed by atoms with E-state index in [2.05, 4.69) is 10.3 Å². The minimum absolute atomic E-state index is 0.0776. The summed E-state index contributed by atoms with van der Waals surface area (Å²) < 4.78 is 5.11. The first-order valence-electron chi connectivity index (χ1n) is 8.17. The fraction of sp³-hybridized carbons (Fsp3) is 0.471. The van der Waals surface area contributed by atoms with E-state index < -0.39 is 0 Å². The Bertz CT molecular complexity index is 782. The summed E-state index contributed by atoms with van der Waals surface area (Å²) in [5.41, 5.74) is 1.77. The van der Waals surface area contributed by atoms with Crippen LogP contribution in [0, 0.1) is 0 Å². The Hall–Kier alpha value is -1.38. The Morgan fingerprint density at radius 2 is 2.24 bits per heavy atom. The number of nitrogens with zero attached hydrogens (tertiary/aromatic N) is 1. The van der Waals surface area contributed by atoms with E-state index >= 15 is 0 Å². The zero-order valence-corrected chi connectivity index (χ0v) is 16.8. The lowest BCUT2D eigenvalue weighted by Crippen LogP contribution is -2.22. The van der Waals surface area contributed by atoms with Crippen molar-refractivity contribution in [2.24, 2.45) is 0 Å². The van der Waals surface area contributed by atoms with Crippen molar-refractivity contribution in [3.8, 4) is 0 Å². The third kappa shape index (κ3) is 3.91. The van der Waals surface area contributed by atoms with Crippen LogP contribution in [0.5, 0.6) is 0 Å². The molecule has 0 unspecified atom stereocenters. The van der Waals surface area contributed by atoms with Crippen molar-refractivity contribution >= 4 is 51.4 Å². The van der Waals surface area contributed by atoms with Crippen LogP contribution < -0.4 is 5.32 Å². The average Bonchev–Trinajstić information content (AvgIpc) is 3.21. The molecule has 0 fully saturated rings. The van der Waals surface area contributed by atoms with Gasteiger partial charge >= 0.3 is 5.97 Å². The monoisotopic (exact) mass is 396 g/mol. The molecule has 1 N–H and O–H groups in total. The van der Waals surface area contributed by atoms with E-state index in [4.69, 9.17) is 4.74 Å². The number of carbonyl (C=O) groups is 2. The highest BCUT2D eigenvalue weighted by molar-refractivity contribution is 8.00. The van der Waals surface area contributed by atoms with Crippen LogP contribution in [0.4, 0.5) is 5.13 Å². The van der Waals surface area contributed by atoms with Gasteiger partial charge in [-0.3, -0.25) is 4.79 Å². The number of ether oxygens (including phenoxy) is 1. The molecule has 5 nitrogen and oxygen atoms in total. The van der Waals surface area contributed by atoms with Gasteiger partial charge in [0.15, 0.2) is 5.13 Å². The lowest BCUT2D eigenvalue weighted by molar-refractivity contribution is -0.115. The molecule has 1 amide bonds. The summed E-state index contributed by atoms with van der Waals surface area (Å²) in [5.74, 6) is 0.559. The maximum atomic E-state index is 12.7. The van der Waals surface area contributed by atoms with Gasteiger partial charge in [-0.25, -0.2) is 9.78 Å². The number of anilines is 1. The van der Waals surface area contributed by atoms with E-state index in [-0.39, 0.29) is 23.0 Å². The predicted octanol–water partition coefficient (Wildman–Crippen LogP) is 4.47. The molecular weight excluding hydrogens is 376 g/mol. The summed E-state index contributed by atoms with van der Waals surface area (Å²) >= 11 is 4.54. The summed E-state index contributed by atoms with van der Waals surface area (Å²) in [5, 5.41) is 5.18. The second-order valence-electron chi connectivity index (χ2n) is 5.90. The number of amides is 1. The molecule has 0 spiro atoms. The molecule has 8 heteroatoms. The van der Waals surface area contributed by atoms with Gasteiger partial charge in [0, 0.05) is 4.88 Å². The van der Waals surface area contributed by atoms with Crippen LogP contribution in [0.1, 0.15) is 57.7 Å². The van der Waals surface area contributed by atoms with E-state index in [0.29, 0.717) is 22.3 Å². The second kappa shape index (κ2) is 7.88. The molecule has 0 aromatic carbocycles. The molecule has 3 rings (SSSR count). The summed E-state index contributed by atoms with van der Waals surface area (Å²) in [7, 11) is 0. The lowest BCUT2D eigenvalue weighted by Gasteiger charge is -2.20. The van der Waals surface area contributed by atoms with E-state index in [1.807, 2.05) is 25.3 Å². The molecule has 1 aliphatic rings. The van der Waals surface area contributed by atoms with Gasteiger partial charge < -0.3 is 10.1 Å². The number of nitrogens with one attached hydrogen (secondary N) is 1. The number of fused-ring (bicyclic) bond motifs is 1. The van der Waals surface area contributed by atoms with Gasteiger partial charge in [0.2, 0.25) is 5.91 Å². The third-order valence-electron chi connectivity index (χ3n) is 3.81. The minimum atomic E-state index is -0.378. The van der Waals surface area contributed by atoms with Crippen LogP contribution >= 0.6 is 34.4 Å². The van der Waals surface area contributed by atoms with Gasteiger partial charge in [-0.1, -0.05) is 25.2 Å². The number of thiophene rings is 1. The highest BCUT2D eigenvalue weighted by Crippen LogP contribution is 2.40. The Kier molecular flexibility index (Phi) is 5.81. The van der Waals surface area contributed by atoms with E-state index in [0.717, 1.165) is 17.7 Å². The Morgan fingerprint density at radius 1 is 1.44 bits per heavy atom. The molecule has 0 aliphatic carbocycles. The van der Waals surface area contributed by atoms with Crippen LogP contribution in [0.15, 0.2) is 11.4 Å². The fourth-order valence-electron chi connectivity index (χ4n) is 2.65. The molecule has 2 aromatic rings. The average molecular weight is 397 g/mol. The summed E-state index contributed by atoms with van der Waals surface area (Å²) in [6, 6.07) is 2.03. The molecule has 0 bridgehead atoms. The maximum absolute atomic E-state index is 12.7. The lowest BCUT2D eigenvalue weighted by atomic mass is 10.1. The van der Waals surface area contributed by atoms with E-state index in [1.165, 1.54) is 16.2 Å². The first-order chi connectivity index (χ1) is 12.0. The molecule has 2 aromatic heterocycles. The number of aromatic nitrogens is 1. The van der Waals surface area contributed by atoms with Gasteiger partial charge in [-0.05, 0) is 42.0 Å². The maximum Gasteiger partial charge on any atom is 0.350 e. The normalized spacial score (nSPS) is 16.6. The zero-order chi connectivity index (χ0) is 18.0. The second-order valence-corrected chi connectivity index (χ2v) is 9.11. The molecular formula is C17H20N2O3S3. The fourth-order valence-corrected chi connectivity index (χ4v) is 5.96. The number of hydrogen-bond acceptors (Lipinski definition) is 7. The summed E-state index contributed by atoms with van der Waals surface area (Å²) in [6.45, 7) is 6.03. The Labute approximate surface area is 159 Å². The quantitative estimate of drug-likeness (QED) is 0.755. The minimum Gasteiger partial charge on any atom is -0.462 e. The van der Waals surface area contributed by atoms with Crippen LogP contribution in [0.25, 0.3) is 0 Å². The molecule has 1 atom stereocenters. The van der Waals surface area contributed by atoms with Crippen LogP contribution in [0.2, 0.25) is 0 Å². The van der Waals surface area contributed by atoms with Crippen molar-refractivity contribution in [2.45, 2.75) is 38.4 Å². The molecule has 0 radical (unpaired) electrons. The topological polar surface area (TPSA) is 68.3 Å². The number of thiazole rings is 1. The van der Waals surface area contributed by atoms with Crippen molar-refractivity contribution in [1.29, 1.82) is 0 Å². The van der Waals surface area contributed by atoms with Gasteiger partial charge in [0.05, 0.1) is 12.3 Å². The van der Waals surface area contributed by atoms with Crippen molar-refractivity contribution in [3.63, 3.8) is 0 Å². The first kappa shape index (κ1) is 18.4. The number of rotatable bonds is 5. The van der Waals surface area contributed by atoms with Crippen LogP contribution in [-0.2, 0) is 16.0 Å². The Morgan fingerprint density at radius 3 is 2.96 bits per heavy atom. The number of esters is 1. The molecule has 25 heavy (non-hydrogen) atoms. The van der Waals surface area contributed by atoms with Gasteiger partial charge in [0.25, 0.3) is 0 Å². The van der Waals surface area contributed by atoms with Gasteiger partial charge in [0.1, 0.15) is 10.1 Å². The number of hydrogen-bond donors (Lipinski definition) is 1. The predicted molar refractivity (Wildman–Crippen MR) is 104 cm³/mol. The molecule has 3 heterocycles. The third-order valence-corrected chi connectivity index (χ3v) is 7.01. The van der Waals surface area contributed by atoms with Crippen molar-refractivity contribution in [2.75, 3.05) is 17.7 Å². The van der Waals surface area contributed by atoms with Gasteiger partial charge in [-0.2, -0.15) is 0 Å². The van der Waals surface area contributed by atoms with Crippen molar-refractivity contribution in [3.05, 3.63) is 32.5 Å². The first-order valence-corrected chi connectivity index (χ1v) is 10.9.